The second kappa shape index (κ2) is 10.5. The monoisotopic (exact) mass is 465 g/mol. The largest absolute Gasteiger partial charge is 0.482 e. The Bertz CT molecular complexity index is 1240. The van der Waals surface area contributed by atoms with Crippen molar-refractivity contribution >= 4 is 22.8 Å². The Kier molecular flexibility index (Phi) is 7.27. The molecular weight excluding hydrogens is 438 g/mol. The summed E-state index contributed by atoms with van der Waals surface area (Å²) >= 11 is 0. The Morgan fingerprint density at radius 1 is 1.15 bits per heavy atom. The smallest absolute Gasteiger partial charge is 0.349 e. The fourth-order valence-electron chi connectivity index (χ4n) is 3.81. The molecule has 8 heteroatoms. The fraction of sp³-hybridized carbons (Fsp3) is 0.346. The van der Waals surface area contributed by atoms with Crippen LogP contribution in [0.5, 0.6) is 11.5 Å². The molecule has 34 heavy (non-hydrogen) atoms. The van der Waals surface area contributed by atoms with Gasteiger partial charge in [0.25, 0.3) is 5.91 Å². The number of nitrogens with one attached hydrogen (secondary N) is 1. The average molecular weight is 466 g/mol. The van der Waals surface area contributed by atoms with Crippen LogP contribution >= 0.6 is 0 Å². The van der Waals surface area contributed by atoms with Gasteiger partial charge in [-0.2, -0.15) is 0 Å². The SMILES string of the molecule is CC(C)c1ccccc1OCC(=O)Oc1ccc2cc(C(=O)NCC3CCCO3)c(=O)oc2c1. The maximum absolute atomic E-state index is 12.4. The first-order valence-electron chi connectivity index (χ1n) is 11.3. The molecule has 1 amide bonds. The van der Waals surface area contributed by atoms with E-state index in [0.717, 1.165) is 18.4 Å². The van der Waals surface area contributed by atoms with Gasteiger partial charge in [0.15, 0.2) is 6.61 Å². The minimum absolute atomic E-state index is 0.0310. The lowest BCUT2D eigenvalue weighted by Crippen LogP contribution is -2.34. The third-order valence-corrected chi connectivity index (χ3v) is 5.58. The zero-order valence-electron chi connectivity index (χ0n) is 19.2. The second-order valence-electron chi connectivity index (χ2n) is 8.45. The van der Waals surface area contributed by atoms with Crippen LogP contribution in [0, 0.1) is 0 Å². The van der Waals surface area contributed by atoms with E-state index in [4.69, 9.17) is 18.6 Å². The van der Waals surface area contributed by atoms with Gasteiger partial charge < -0.3 is 23.9 Å². The minimum atomic E-state index is -0.769. The summed E-state index contributed by atoms with van der Waals surface area (Å²) in [6.45, 7) is 4.85. The van der Waals surface area contributed by atoms with Crippen LogP contribution in [0.25, 0.3) is 11.0 Å². The van der Waals surface area contributed by atoms with Gasteiger partial charge in [-0.05, 0) is 48.6 Å². The predicted octanol–water partition coefficient (Wildman–Crippen LogP) is 3.81. The number of carbonyl (C=O) groups is 2. The van der Waals surface area contributed by atoms with Crippen molar-refractivity contribution in [2.24, 2.45) is 0 Å². The topological polar surface area (TPSA) is 104 Å². The van der Waals surface area contributed by atoms with Crippen molar-refractivity contribution in [1.29, 1.82) is 0 Å². The van der Waals surface area contributed by atoms with E-state index in [-0.39, 0.29) is 35.5 Å². The Labute approximate surface area is 196 Å². The van der Waals surface area contributed by atoms with Gasteiger partial charge >= 0.3 is 11.6 Å². The molecule has 1 N–H and O–H groups in total. The number of hydrogen-bond donors (Lipinski definition) is 1. The Hall–Kier alpha value is -3.65. The third-order valence-electron chi connectivity index (χ3n) is 5.58. The van der Waals surface area contributed by atoms with Crippen molar-refractivity contribution < 1.29 is 28.2 Å². The summed E-state index contributed by atoms with van der Waals surface area (Å²) in [6.07, 6.45) is 1.81. The number of ether oxygens (including phenoxy) is 3. The van der Waals surface area contributed by atoms with Crippen LogP contribution in [0.4, 0.5) is 0 Å². The van der Waals surface area contributed by atoms with E-state index in [0.29, 0.717) is 24.3 Å². The average Bonchev–Trinajstić information content (AvgIpc) is 3.34. The van der Waals surface area contributed by atoms with Gasteiger partial charge in [0.1, 0.15) is 22.6 Å². The normalized spacial score (nSPS) is 15.4. The molecule has 0 radical (unpaired) electrons. The lowest BCUT2D eigenvalue weighted by Gasteiger charge is -2.13. The van der Waals surface area contributed by atoms with Crippen LogP contribution in [0.3, 0.4) is 0 Å². The van der Waals surface area contributed by atoms with E-state index in [1.165, 1.54) is 12.1 Å². The zero-order valence-corrected chi connectivity index (χ0v) is 19.2. The van der Waals surface area contributed by atoms with Crippen molar-refractivity contribution in [3.63, 3.8) is 0 Å². The Morgan fingerprint density at radius 3 is 2.74 bits per heavy atom. The number of carbonyl (C=O) groups excluding carboxylic acids is 2. The maximum atomic E-state index is 12.4. The molecule has 1 fully saturated rings. The van der Waals surface area contributed by atoms with Gasteiger partial charge in [-0.15, -0.1) is 0 Å². The molecule has 178 valence electrons. The number of benzene rings is 2. The second-order valence-corrected chi connectivity index (χ2v) is 8.45. The zero-order chi connectivity index (χ0) is 24.1. The molecule has 3 aromatic rings. The summed E-state index contributed by atoms with van der Waals surface area (Å²) in [5.41, 5.74) is 0.345. The first-order valence-corrected chi connectivity index (χ1v) is 11.3. The summed E-state index contributed by atoms with van der Waals surface area (Å²) < 4.78 is 21.8. The molecule has 0 bridgehead atoms. The van der Waals surface area contributed by atoms with E-state index < -0.39 is 17.5 Å². The number of esters is 1. The molecule has 2 aromatic carbocycles. The number of fused-ring (bicyclic) bond motifs is 1. The highest BCUT2D eigenvalue weighted by atomic mass is 16.6. The van der Waals surface area contributed by atoms with E-state index >= 15 is 0 Å². The molecule has 1 unspecified atom stereocenters. The standard InChI is InChI=1S/C26H27NO7/c1-16(2)20-7-3-4-8-22(20)32-15-24(28)33-18-10-9-17-12-21(26(30)34-23(17)13-18)25(29)27-14-19-6-5-11-31-19/h3-4,7-10,12-13,16,19H,5-6,11,14-15H2,1-2H3,(H,27,29). The number of rotatable bonds is 8. The quantitative estimate of drug-likeness (QED) is 0.306. The van der Waals surface area contributed by atoms with Crippen LogP contribution in [0.2, 0.25) is 0 Å². The molecule has 2 heterocycles. The van der Waals surface area contributed by atoms with Crippen LogP contribution in [-0.4, -0.2) is 37.7 Å². The number of para-hydroxylation sites is 1. The summed E-state index contributed by atoms with van der Waals surface area (Å²) in [5.74, 6) is -0.0225. The molecule has 1 aliphatic rings. The molecule has 8 nitrogen and oxygen atoms in total. The van der Waals surface area contributed by atoms with Crippen molar-refractivity contribution in [1.82, 2.24) is 5.32 Å². The lowest BCUT2D eigenvalue weighted by atomic mass is 10.0. The molecule has 0 saturated carbocycles. The van der Waals surface area contributed by atoms with Crippen LogP contribution in [-0.2, 0) is 9.53 Å². The van der Waals surface area contributed by atoms with Crippen molar-refractivity contribution in [2.45, 2.75) is 38.7 Å². The van der Waals surface area contributed by atoms with E-state index in [1.54, 1.807) is 12.1 Å². The Balaban J connectivity index is 1.40. The molecular formula is C26H27NO7. The van der Waals surface area contributed by atoms with Crippen molar-refractivity contribution in [3.05, 3.63) is 70.1 Å². The Morgan fingerprint density at radius 2 is 1.97 bits per heavy atom. The van der Waals surface area contributed by atoms with Gasteiger partial charge in [-0.1, -0.05) is 32.0 Å². The van der Waals surface area contributed by atoms with Gasteiger partial charge in [0.05, 0.1) is 6.10 Å². The molecule has 1 atom stereocenters. The summed E-state index contributed by atoms with van der Waals surface area (Å²) in [5, 5.41) is 3.25. The predicted molar refractivity (Wildman–Crippen MR) is 125 cm³/mol. The highest BCUT2D eigenvalue weighted by molar-refractivity contribution is 5.96. The molecule has 4 rings (SSSR count). The third kappa shape index (κ3) is 5.63. The summed E-state index contributed by atoms with van der Waals surface area (Å²) in [4.78, 5) is 37.1. The number of amides is 1. The van der Waals surface area contributed by atoms with Crippen molar-refractivity contribution in [3.8, 4) is 11.5 Å². The van der Waals surface area contributed by atoms with E-state index in [2.05, 4.69) is 5.32 Å². The van der Waals surface area contributed by atoms with Gasteiger partial charge in [-0.3, -0.25) is 4.79 Å². The fourth-order valence-corrected chi connectivity index (χ4v) is 3.81. The van der Waals surface area contributed by atoms with E-state index in [1.807, 2.05) is 38.1 Å². The van der Waals surface area contributed by atoms with Gasteiger partial charge in [0, 0.05) is 24.6 Å². The molecule has 1 aromatic heterocycles. The van der Waals surface area contributed by atoms with E-state index in [9.17, 15) is 14.4 Å². The first kappa shape index (κ1) is 23.5. The summed E-state index contributed by atoms with van der Waals surface area (Å²) in [7, 11) is 0. The number of hydrogen-bond acceptors (Lipinski definition) is 7. The molecule has 0 spiro atoms. The van der Waals surface area contributed by atoms with Crippen LogP contribution in [0.15, 0.2) is 57.7 Å². The summed E-state index contributed by atoms with van der Waals surface area (Å²) in [6, 6.07) is 13.6. The highest BCUT2D eigenvalue weighted by Gasteiger charge is 2.19. The minimum Gasteiger partial charge on any atom is -0.482 e. The lowest BCUT2D eigenvalue weighted by molar-refractivity contribution is -0.136. The van der Waals surface area contributed by atoms with Gasteiger partial charge in [0.2, 0.25) is 0 Å². The van der Waals surface area contributed by atoms with Gasteiger partial charge in [-0.25, -0.2) is 9.59 Å². The molecule has 1 aliphatic heterocycles. The molecule has 1 saturated heterocycles. The first-order chi connectivity index (χ1) is 16.4. The van der Waals surface area contributed by atoms with Crippen molar-refractivity contribution in [2.75, 3.05) is 19.8 Å². The highest BCUT2D eigenvalue weighted by Crippen LogP contribution is 2.26. The van der Waals surface area contributed by atoms with Crippen LogP contribution < -0.4 is 20.4 Å². The van der Waals surface area contributed by atoms with Crippen LogP contribution in [0.1, 0.15) is 48.5 Å². The maximum Gasteiger partial charge on any atom is 0.349 e. The molecule has 0 aliphatic carbocycles.